The summed E-state index contributed by atoms with van der Waals surface area (Å²) >= 11 is 0. The maximum absolute atomic E-state index is 11.8. The first kappa shape index (κ1) is 21.2. The Balaban J connectivity index is 1.39. The zero-order valence-corrected chi connectivity index (χ0v) is 16.6. The van der Waals surface area contributed by atoms with Gasteiger partial charge in [0.05, 0.1) is 44.2 Å². The smallest absolute Gasteiger partial charge is 0.346 e. The van der Waals surface area contributed by atoms with Crippen LogP contribution in [0.5, 0.6) is 5.75 Å². The molecule has 1 aliphatic rings. The van der Waals surface area contributed by atoms with E-state index in [0.717, 1.165) is 30.2 Å². The average molecular weight is 402 g/mol. The van der Waals surface area contributed by atoms with Gasteiger partial charge in [-0.15, -0.1) is 0 Å². The highest BCUT2D eigenvalue weighted by molar-refractivity contribution is 6.17. The Morgan fingerprint density at radius 3 is 2.10 bits per heavy atom. The second kappa shape index (κ2) is 10.9. The van der Waals surface area contributed by atoms with Crippen LogP contribution >= 0.6 is 0 Å². The molecule has 1 aliphatic heterocycles. The first-order valence-electron chi connectivity index (χ1n) is 9.90. The summed E-state index contributed by atoms with van der Waals surface area (Å²) in [6, 6.07) is 8.81. The number of unbranched alkanes of at least 4 members (excludes halogenated alkanes) is 1. The van der Waals surface area contributed by atoms with E-state index < -0.39 is 11.9 Å². The third-order valence-corrected chi connectivity index (χ3v) is 4.48. The summed E-state index contributed by atoms with van der Waals surface area (Å²) in [6.45, 7) is 5.84. The minimum atomic E-state index is -0.624. The Morgan fingerprint density at radius 2 is 1.41 bits per heavy atom. The molecule has 156 valence electrons. The zero-order valence-electron chi connectivity index (χ0n) is 16.6. The van der Waals surface area contributed by atoms with E-state index in [1.54, 1.807) is 12.1 Å². The van der Waals surface area contributed by atoms with Gasteiger partial charge in [0.25, 0.3) is 0 Å². The highest BCUT2D eigenvalue weighted by atomic mass is 16.6. The van der Waals surface area contributed by atoms with E-state index in [1.165, 1.54) is 0 Å². The fraction of sp³-hybridized carbons (Fsp3) is 0.455. The molecule has 7 nitrogen and oxygen atoms in total. The van der Waals surface area contributed by atoms with Crippen molar-refractivity contribution in [2.75, 3.05) is 46.2 Å². The van der Waals surface area contributed by atoms with E-state index >= 15 is 0 Å². The largest absolute Gasteiger partial charge is 0.491 e. The SMILES string of the molecule is CCCCOCCOCCOCCOc1cccc2cc3c(cc12)C(=O)OC3=O. The van der Waals surface area contributed by atoms with Crippen LogP contribution in [0.4, 0.5) is 0 Å². The topological polar surface area (TPSA) is 80.3 Å². The van der Waals surface area contributed by atoms with Crippen LogP contribution in [0.1, 0.15) is 40.5 Å². The maximum Gasteiger partial charge on any atom is 0.346 e. The summed E-state index contributed by atoms with van der Waals surface area (Å²) < 4.78 is 26.8. The monoisotopic (exact) mass is 402 g/mol. The van der Waals surface area contributed by atoms with Crippen LogP contribution in [0.2, 0.25) is 0 Å². The van der Waals surface area contributed by atoms with E-state index in [2.05, 4.69) is 11.7 Å². The quantitative estimate of drug-likeness (QED) is 0.289. The van der Waals surface area contributed by atoms with Crippen LogP contribution in [0.25, 0.3) is 10.8 Å². The summed E-state index contributed by atoms with van der Waals surface area (Å²) in [6.07, 6.45) is 2.20. The summed E-state index contributed by atoms with van der Waals surface area (Å²) in [5, 5.41) is 1.56. The van der Waals surface area contributed by atoms with Gasteiger partial charge in [0.2, 0.25) is 0 Å². The molecule has 0 unspecified atom stereocenters. The van der Waals surface area contributed by atoms with E-state index in [1.807, 2.05) is 18.2 Å². The lowest BCUT2D eigenvalue weighted by Crippen LogP contribution is -2.13. The van der Waals surface area contributed by atoms with Crippen molar-refractivity contribution in [2.24, 2.45) is 0 Å². The fourth-order valence-corrected chi connectivity index (χ4v) is 2.95. The second-order valence-corrected chi connectivity index (χ2v) is 6.59. The highest BCUT2D eigenvalue weighted by Gasteiger charge is 2.30. The normalized spacial score (nSPS) is 13.0. The molecule has 29 heavy (non-hydrogen) atoms. The van der Waals surface area contributed by atoms with E-state index in [9.17, 15) is 9.59 Å². The van der Waals surface area contributed by atoms with Gasteiger partial charge in [-0.1, -0.05) is 25.5 Å². The molecule has 1 heterocycles. The minimum Gasteiger partial charge on any atom is -0.491 e. The molecule has 0 N–H and O–H groups in total. The lowest BCUT2D eigenvalue weighted by atomic mass is 10.0. The fourth-order valence-electron chi connectivity index (χ4n) is 2.95. The van der Waals surface area contributed by atoms with Gasteiger partial charge in [-0.25, -0.2) is 9.59 Å². The molecule has 0 amide bonds. The van der Waals surface area contributed by atoms with Gasteiger partial charge >= 0.3 is 11.9 Å². The molecular weight excluding hydrogens is 376 g/mol. The van der Waals surface area contributed by atoms with Crippen LogP contribution in [-0.4, -0.2) is 58.2 Å². The van der Waals surface area contributed by atoms with E-state index in [4.69, 9.17) is 18.9 Å². The van der Waals surface area contributed by atoms with Crippen molar-refractivity contribution < 1.29 is 33.3 Å². The number of carbonyl (C=O) groups excluding carboxylic acids is 2. The van der Waals surface area contributed by atoms with Gasteiger partial charge in [0.15, 0.2) is 0 Å². The molecule has 0 radical (unpaired) electrons. The minimum absolute atomic E-state index is 0.269. The molecule has 0 atom stereocenters. The molecule has 2 aromatic carbocycles. The lowest BCUT2D eigenvalue weighted by molar-refractivity contribution is 0.00903. The molecule has 7 heteroatoms. The molecule has 0 aliphatic carbocycles. The van der Waals surface area contributed by atoms with Gasteiger partial charge in [0.1, 0.15) is 12.4 Å². The molecule has 3 rings (SSSR count). The predicted octanol–water partition coefficient (Wildman–Crippen LogP) is 3.38. The van der Waals surface area contributed by atoms with Crippen molar-refractivity contribution in [1.82, 2.24) is 0 Å². The van der Waals surface area contributed by atoms with Crippen molar-refractivity contribution in [3.8, 4) is 5.75 Å². The van der Waals surface area contributed by atoms with Crippen molar-refractivity contribution >= 4 is 22.7 Å². The van der Waals surface area contributed by atoms with Gasteiger partial charge in [0, 0.05) is 12.0 Å². The van der Waals surface area contributed by atoms with Crippen molar-refractivity contribution in [3.05, 3.63) is 41.5 Å². The van der Waals surface area contributed by atoms with Gasteiger partial charge in [-0.05, 0) is 30.0 Å². The number of carbonyl (C=O) groups is 2. The number of benzene rings is 2. The average Bonchev–Trinajstić information content (AvgIpc) is 3.00. The van der Waals surface area contributed by atoms with Crippen molar-refractivity contribution in [3.63, 3.8) is 0 Å². The van der Waals surface area contributed by atoms with Crippen LogP contribution in [0, 0.1) is 0 Å². The molecule has 0 fully saturated rings. The van der Waals surface area contributed by atoms with Crippen molar-refractivity contribution in [2.45, 2.75) is 19.8 Å². The van der Waals surface area contributed by atoms with E-state index in [0.29, 0.717) is 51.0 Å². The summed E-state index contributed by atoms with van der Waals surface area (Å²) in [5.41, 5.74) is 0.560. The number of hydrogen-bond acceptors (Lipinski definition) is 7. The zero-order chi connectivity index (χ0) is 20.5. The van der Waals surface area contributed by atoms with Crippen LogP contribution in [0.3, 0.4) is 0 Å². The molecule has 0 saturated carbocycles. The number of ether oxygens (including phenoxy) is 5. The van der Waals surface area contributed by atoms with Gasteiger partial charge in [-0.3, -0.25) is 0 Å². The van der Waals surface area contributed by atoms with Crippen molar-refractivity contribution in [1.29, 1.82) is 0 Å². The van der Waals surface area contributed by atoms with Crippen LogP contribution in [-0.2, 0) is 18.9 Å². The summed E-state index contributed by atoms with van der Waals surface area (Å²) in [5.74, 6) is -0.608. The number of rotatable bonds is 13. The molecule has 2 aromatic rings. The van der Waals surface area contributed by atoms with Gasteiger partial charge in [-0.2, -0.15) is 0 Å². The Kier molecular flexibility index (Phi) is 7.98. The summed E-state index contributed by atoms with van der Waals surface area (Å²) in [4.78, 5) is 23.5. The number of cyclic esters (lactones) is 2. The summed E-state index contributed by atoms with van der Waals surface area (Å²) in [7, 11) is 0. The van der Waals surface area contributed by atoms with E-state index in [-0.39, 0.29) is 5.56 Å². The molecular formula is C22H26O7. The molecule has 0 aromatic heterocycles. The lowest BCUT2D eigenvalue weighted by Gasteiger charge is -2.11. The standard InChI is InChI=1S/C22H26O7/c1-2-3-7-25-8-9-26-10-11-27-12-13-28-20-6-4-5-16-14-18-19(15-17(16)20)22(24)29-21(18)23/h4-6,14-15H,2-3,7-13H2,1H3. The van der Waals surface area contributed by atoms with Crippen LogP contribution in [0.15, 0.2) is 30.3 Å². The Bertz CT molecular complexity index is 846. The first-order chi connectivity index (χ1) is 14.2. The van der Waals surface area contributed by atoms with Crippen LogP contribution < -0.4 is 4.74 Å². The third kappa shape index (κ3) is 5.76. The van der Waals surface area contributed by atoms with Gasteiger partial charge < -0.3 is 23.7 Å². The Hall–Kier alpha value is -2.48. The molecule has 0 spiro atoms. The second-order valence-electron chi connectivity index (χ2n) is 6.59. The number of hydrogen-bond donors (Lipinski definition) is 0. The number of fused-ring (bicyclic) bond motifs is 2. The Morgan fingerprint density at radius 1 is 0.793 bits per heavy atom. The molecule has 0 bridgehead atoms. The molecule has 0 saturated heterocycles. The first-order valence-corrected chi connectivity index (χ1v) is 9.90. The third-order valence-electron chi connectivity index (χ3n) is 4.48. The predicted molar refractivity (Wildman–Crippen MR) is 107 cm³/mol. The maximum atomic E-state index is 11.8. The highest BCUT2D eigenvalue weighted by Crippen LogP contribution is 2.31. The number of esters is 2. The Labute approximate surface area is 169 Å².